The molecule has 1 saturated heterocycles. The summed E-state index contributed by atoms with van der Waals surface area (Å²) in [6, 6.07) is 6.11. The Morgan fingerprint density at radius 2 is 1.65 bits per heavy atom. The highest BCUT2D eigenvalue weighted by Crippen LogP contribution is 2.12. The van der Waals surface area contributed by atoms with Crippen LogP contribution in [0.5, 0.6) is 0 Å². The van der Waals surface area contributed by atoms with E-state index >= 15 is 0 Å². The summed E-state index contributed by atoms with van der Waals surface area (Å²) < 4.78 is 0. The number of carboxylic acid groups (broad SMARTS) is 1. The summed E-state index contributed by atoms with van der Waals surface area (Å²) >= 11 is 0. The van der Waals surface area contributed by atoms with Gasteiger partial charge in [0.2, 0.25) is 17.7 Å². The van der Waals surface area contributed by atoms with Crippen LogP contribution in [0.15, 0.2) is 30.3 Å². The number of carbonyl (C=O) groups excluding carboxylic acids is 3. The lowest BCUT2D eigenvalue weighted by Gasteiger charge is -2.28. The van der Waals surface area contributed by atoms with Crippen LogP contribution in [0.1, 0.15) is 52.5 Å². The molecular weight excluding hydrogens is 436 g/mol. The fraction of sp³-hybridized carbons (Fsp3) is 0.600. The second-order valence-corrected chi connectivity index (χ2v) is 9.34. The third-order valence-corrected chi connectivity index (χ3v) is 6.32. The van der Waals surface area contributed by atoms with E-state index in [1.165, 1.54) is 0 Å². The number of hydrogen-bond acceptors (Lipinski definition) is 5. The Morgan fingerprint density at radius 3 is 2.18 bits per heavy atom. The molecule has 9 heteroatoms. The van der Waals surface area contributed by atoms with E-state index in [0.717, 1.165) is 18.5 Å². The van der Waals surface area contributed by atoms with Crippen LogP contribution >= 0.6 is 0 Å². The van der Waals surface area contributed by atoms with Crippen LogP contribution in [0, 0.1) is 11.8 Å². The van der Waals surface area contributed by atoms with E-state index in [2.05, 4.69) is 21.3 Å². The zero-order chi connectivity index (χ0) is 25.3. The van der Waals surface area contributed by atoms with E-state index in [9.17, 15) is 24.3 Å². The van der Waals surface area contributed by atoms with Crippen molar-refractivity contribution in [1.82, 2.24) is 21.3 Å². The average molecular weight is 475 g/mol. The number of hydrogen-bond donors (Lipinski definition) is 5. The first-order valence-corrected chi connectivity index (χ1v) is 12.0. The van der Waals surface area contributed by atoms with Gasteiger partial charge in [-0.15, -0.1) is 0 Å². The van der Waals surface area contributed by atoms with Gasteiger partial charge in [-0.2, -0.15) is 0 Å². The van der Waals surface area contributed by atoms with E-state index in [-0.39, 0.29) is 30.2 Å². The molecule has 0 aliphatic carbocycles. The standard InChI is InChI=1S/C25H38N4O5/c1-5-16(4)21(25(33)34)29-24(32)20(15(2)3)28-23(31)19(14-17-10-7-6-8-11-17)27-22(30)18-12-9-13-26-18/h6-8,10-11,15-16,18-21,26H,5,9,12-14H2,1-4H3,(H,27,30)(H,28,31)(H,29,32)(H,33,34). The maximum atomic E-state index is 13.3. The number of carbonyl (C=O) groups is 4. The first-order valence-electron chi connectivity index (χ1n) is 12.0. The lowest BCUT2D eigenvalue weighted by atomic mass is 9.97. The molecule has 5 atom stereocenters. The third-order valence-electron chi connectivity index (χ3n) is 6.32. The highest BCUT2D eigenvalue weighted by Gasteiger charge is 2.34. The zero-order valence-corrected chi connectivity index (χ0v) is 20.5. The predicted molar refractivity (Wildman–Crippen MR) is 129 cm³/mol. The Balaban J connectivity index is 2.17. The Morgan fingerprint density at radius 1 is 1.00 bits per heavy atom. The molecule has 1 aromatic carbocycles. The Hall–Kier alpha value is -2.94. The van der Waals surface area contributed by atoms with Gasteiger partial charge in [0.1, 0.15) is 18.1 Å². The SMILES string of the molecule is CCC(C)C(NC(=O)C(NC(=O)C(Cc1ccccc1)NC(=O)C1CCCN1)C(C)C)C(=O)O. The first-order chi connectivity index (χ1) is 16.1. The summed E-state index contributed by atoms with van der Waals surface area (Å²) in [5.74, 6) is -2.97. The van der Waals surface area contributed by atoms with Crippen molar-refractivity contribution in [2.45, 2.75) is 77.5 Å². The molecule has 3 amide bonds. The molecule has 0 bridgehead atoms. The van der Waals surface area contributed by atoms with E-state index in [1.807, 2.05) is 37.3 Å². The van der Waals surface area contributed by atoms with Gasteiger partial charge in [0.05, 0.1) is 6.04 Å². The number of nitrogens with one attached hydrogen (secondary N) is 4. The molecular formula is C25H38N4O5. The number of benzene rings is 1. The van der Waals surface area contributed by atoms with Gasteiger partial charge in [-0.25, -0.2) is 4.79 Å². The van der Waals surface area contributed by atoms with Gasteiger partial charge >= 0.3 is 5.97 Å². The van der Waals surface area contributed by atoms with Crippen molar-refractivity contribution in [2.75, 3.05) is 6.54 Å². The van der Waals surface area contributed by atoms with E-state index in [4.69, 9.17) is 0 Å². The number of rotatable bonds is 12. The van der Waals surface area contributed by atoms with Crippen LogP contribution in [0.2, 0.25) is 0 Å². The fourth-order valence-electron chi connectivity index (χ4n) is 3.95. The predicted octanol–water partition coefficient (Wildman–Crippen LogP) is 1.22. The minimum absolute atomic E-state index is 0.248. The summed E-state index contributed by atoms with van der Waals surface area (Å²) in [4.78, 5) is 50.7. The number of aliphatic carboxylic acids is 1. The van der Waals surface area contributed by atoms with Crippen molar-refractivity contribution in [3.05, 3.63) is 35.9 Å². The van der Waals surface area contributed by atoms with Crippen LogP contribution in [-0.2, 0) is 25.6 Å². The quantitative estimate of drug-likeness (QED) is 0.309. The van der Waals surface area contributed by atoms with Gasteiger partial charge in [0.15, 0.2) is 0 Å². The van der Waals surface area contributed by atoms with Gasteiger partial charge < -0.3 is 26.4 Å². The highest BCUT2D eigenvalue weighted by atomic mass is 16.4. The highest BCUT2D eigenvalue weighted by molar-refractivity contribution is 5.94. The molecule has 34 heavy (non-hydrogen) atoms. The molecule has 188 valence electrons. The molecule has 5 unspecified atom stereocenters. The minimum atomic E-state index is -1.12. The van der Waals surface area contributed by atoms with E-state index in [1.54, 1.807) is 20.8 Å². The summed E-state index contributed by atoms with van der Waals surface area (Å²) in [5.41, 5.74) is 0.871. The molecule has 2 rings (SSSR count). The van der Waals surface area contributed by atoms with Gasteiger partial charge in [-0.05, 0) is 36.8 Å². The van der Waals surface area contributed by atoms with Crippen LogP contribution in [0.3, 0.4) is 0 Å². The third kappa shape index (κ3) is 7.83. The molecule has 0 spiro atoms. The van der Waals surface area contributed by atoms with Crippen LogP contribution < -0.4 is 21.3 Å². The molecule has 0 aromatic heterocycles. The van der Waals surface area contributed by atoms with E-state index < -0.39 is 35.9 Å². The summed E-state index contributed by atoms with van der Waals surface area (Å²) in [5, 5.41) is 20.8. The lowest BCUT2D eigenvalue weighted by molar-refractivity contribution is -0.144. The maximum absolute atomic E-state index is 13.3. The van der Waals surface area contributed by atoms with Crippen LogP contribution in [0.4, 0.5) is 0 Å². The van der Waals surface area contributed by atoms with Crippen molar-refractivity contribution in [3.8, 4) is 0 Å². The Labute approximate surface area is 201 Å². The Kier molecular flexibility index (Phi) is 10.5. The topological polar surface area (TPSA) is 137 Å². The second kappa shape index (κ2) is 13.1. The Bertz CT molecular complexity index is 839. The molecule has 1 aliphatic rings. The molecule has 0 radical (unpaired) electrons. The molecule has 1 heterocycles. The molecule has 1 aliphatic heterocycles. The van der Waals surface area contributed by atoms with Crippen molar-refractivity contribution in [2.24, 2.45) is 11.8 Å². The monoisotopic (exact) mass is 474 g/mol. The van der Waals surface area contributed by atoms with Crippen LogP contribution in [0.25, 0.3) is 0 Å². The molecule has 5 N–H and O–H groups in total. The number of carboxylic acids is 1. The van der Waals surface area contributed by atoms with Crippen molar-refractivity contribution >= 4 is 23.7 Å². The first kappa shape index (κ1) is 27.3. The van der Waals surface area contributed by atoms with Gasteiger partial charge in [-0.1, -0.05) is 64.4 Å². The minimum Gasteiger partial charge on any atom is -0.480 e. The molecule has 1 aromatic rings. The largest absolute Gasteiger partial charge is 0.480 e. The summed E-state index contributed by atoms with van der Waals surface area (Å²) in [7, 11) is 0. The van der Waals surface area contributed by atoms with Crippen molar-refractivity contribution in [1.29, 1.82) is 0 Å². The zero-order valence-electron chi connectivity index (χ0n) is 20.5. The summed E-state index contributed by atoms with van der Waals surface area (Å²) in [6.07, 6.45) is 2.44. The van der Waals surface area contributed by atoms with Crippen molar-refractivity contribution in [3.63, 3.8) is 0 Å². The lowest BCUT2D eigenvalue weighted by Crippen LogP contribution is -2.59. The second-order valence-electron chi connectivity index (χ2n) is 9.34. The molecule has 9 nitrogen and oxygen atoms in total. The van der Waals surface area contributed by atoms with E-state index in [0.29, 0.717) is 12.8 Å². The number of amides is 3. The smallest absolute Gasteiger partial charge is 0.326 e. The molecule has 0 saturated carbocycles. The van der Waals surface area contributed by atoms with Gasteiger partial charge in [-0.3, -0.25) is 14.4 Å². The summed E-state index contributed by atoms with van der Waals surface area (Å²) in [6.45, 7) is 7.91. The van der Waals surface area contributed by atoms with Crippen molar-refractivity contribution < 1.29 is 24.3 Å². The van der Waals surface area contributed by atoms with Gasteiger partial charge in [0, 0.05) is 6.42 Å². The van der Waals surface area contributed by atoms with Gasteiger partial charge in [0.25, 0.3) is 0 Å². The molecule has 1 fully saturated rings. The normalized spacial score (nSPS) is 19.0. The van der Waals surface area contributed by atoms with Crippen LogP contribution in [-0.4, -0.2) is 59.5 Å². The average Bonchev–Trinajstić information content (AvgIpc) is 3.35. The maximum Gasteiger partial charge on any atom is 0.326 e. The fourth-order valence-corrected chi connectivity index (χ4v) is 3.95.